The second kappa shape index (κ2) is 6.52. The van der Waals surface area contributed by atoms with Gasteiger partial charge in [0.25, 0.3) is 0 Å². The molecule has 2 fully saturated rings. The second-order valence-electron chi connectivity index (χ2n) is 6.27. The summed E-state index contributed by atoms with van der Waals surface area (Å²) >= 11 is 1.66. The van der Waals surface area contributed by atoms with E-state index in [1.165, 1.54) is 0 Å². The molecular formula is C17H23NO3S. The first-order valence-corrected chi connectivity index (χ1v) is 8.74. The molecular weight excluding hydrogens is 298 g/mol. The van der Waals surface area contributed by atoms with Crippen LogP contribution < -0.4 is 0 Å². The zero-order chi connectivity index (χ0) is 15.7. The third kappa shape index (κ3) is 3.12. The summed E-state index contributed by atoms with van der Waals surface area (Å²) in [6.45, 7) is 9.85. The minimum atomic E-state index is -0.134. The molecule has 0 saturated carbocycles. The van der Waals surface area contributed by atoms with Gasteiger partial charge in [-0.3, -0.25) is 4.79 Å². The fourth-order valence-corrected chi connectivity index (χ4v) is 4.04. The van der Waals surface area contributed by atoms with Crippen molar-refractivity contribution in [3.8, 4) is 0 Å². The molecule has 0 bridgehead atoms. The number of hydrogen-bond donors (Lipinski definition) is 0. The van der Waals surface area contributed by atoms with E-state index in [1.54, 1.807) is 11.3 Å². The number of hydrogen-bond acceptors (Lipinski definition) is 4. The molecule has 0 aromatic carbocycles. The van der Waals surface area contributed by atoms with Crippen molar-refractivity contribution < 1.29 is 14.3 Å². The predicted octanol–water partition coefficient (Wildman–Crippen LogP) is 3.02. The molecule has 3 rings (SSSR count). The van der Waals surface area contributed by atoms with Gasteiger partial charge in [0.05, 0.1) is 24.7 Å². The number of ether oxygens (including phenoxy) is 2. The van der Waals surface area contributed by atoms with Gasteiger partial charge >= 0.3 is 0 Å². The number of thiophene rings is 1. The van der Waals surface area contributed by atoms with Gasteiger partial charge in [0.15, 0.2) is 0 Å². The average molecular weight is 321 g/mol. The van der Waals surface area contributed by atoms with Gasteiger partial charge in [-0.05, 0) is 42.7 Å². The maximum Gasteiger partial charge on any atom is 0.228 e. The third-order valence-corrected chi connectivity index (χ3v) is 5.08. The first kappa shape index (κ1) is 15.7. The summed E-state index contributed by atoms with van der Waals surface area (Å²) in [6, 6.07) is 2.07. The molecule has 2 aliphatic rings. The van der Waals surface area contributed by atoms with Gasteiger partial charge in [-0.2, -0.15) is 11.3 Å². The number of morpholine rings is 1. The van der Waals surface area contributed by atoms with Crippen LogP contribution >= 0.6 is 11.3 Å². The van der Waals surface area contributed by atoms with E-state index in [1.807, 2.05) is 24.1 Å². The molecule has 0 spiro atoms. The van der Waals surface area contributed by atoms with Crippen LogP contribution in [-0.2, 0) is 14.3 Å². The Balaban J connectivity index is 1.73. The van der Waals surface area contributed by atoms with Crippen molar-refractivity contribution in [1.29, 1.82) is 0 Å². The summed E-state index contributed by atoms with van der Waals surface area (Å²) in [5.74, 6) is 0.0896. The highest BCUT2D eigenvalue weighted by Crippen LogP contribution is 2.31. The molecule has 5 heteroatoms. The van der Waals surface area contributed by atoms with E-state index in [4.69, 9.17) is 9.47 Å². The quantitative estimate of drug-likeness (QED) is 0.803. The molecule has 3 heterocycles. The number of carbonyl (C=O) groups excluding carboxylic acids is 1. The smallest absolute Gasteiger partial charge is 0.228 e. The van der Waals surface area contributed by atoms with E-state index in [2.05, 4.69) is 18.0 Å². The minimum absolute atomic E-state index is 0.0236. The van der Waals surface area contributed by atoms with E-state index in [-0.39, 0.29) is 30.1 Å². The van der Waals surface area contributed by atoms with Gasteiger partial charge in [0.2, 0.25) is 5.91 Å². The highest BCUT2D eigenvalue weighted by atomic mass is 32.1. The molecule has 0 aliphatic carbocycles. The summed E-state index contributed by atoms with van der Waals surface area (Å²) in [5.41, 5.74) is 2.10. The van der Waals surface area contributed by atoms with Gasteiger partial charge in [0, 0.05) is 13.2 Å². The van der Waals surface area contributed by atoms with Gasteiger partial charge in [-0.25, -0.2) is 0 Å². The maximum atomic E-state index is 12.9. The van der Waals surface area contributed by atoms with Crippen molar-refractivity contribution in [2.45, 2.75) is 38.6 Å². The summed E-state index contributed by atoms with van der Waals surface area (Å²) in [7, 11) is 0. The van der Waals surface area contributed by atoms with Crippen molar-refractivity contribution in [2.75, 3.05) is 19.7 Å². The highest BCUT2D eigenvalue weighted by Gasteiger charge is 2.39. The molecule has 2 aliphatic heterocycles. The zero-order valence-electron chi connectivity index (χ0n) is 13.2. The molecule has 4 atom stereocenters. The number of nitrogens with zero attached hydrogens (tertiary/aromatic N) is 1. The molecule has 0 radical (unpaired) electrons. The van der Waals surface area contributed by atoms with Crippen molar-refractivity contribution in [2.24, 2.45) is 5.92 Å². The lowest BCUT2D eigenvalue weighted by atomic mass is 9.94. The standard InChI is InChI=1S/C17H23NO3S/c1-11(2)16-14(4-6-20-16)17(19)18-8-12(3)21-15(9-18)13-5-7-22-10-13/h5,7,10,12,14-16H,1,4,6,8-9H2,2-3H3/t12-,14+,15+,16+/m0/s1. The number of rotatable bonds is 3. The van der Waals surface area contributed by atoms with E-state index >= 15 is 0 Å². The molecule has 1 amide bonds. The topological polar surface area (TPSA) is 38.8 Å². The van der Waals surface area contributed by atoms with E-state index < -0.39 is 0 Å². The van der Waals surface area contributed by atoms with E-state index in [9.17, 15) is 4.79 Å². The molecule has 2 saturated heterocycles. The summed E-state index contributed by atoms with van der Waals surface area (Å²) in [4.78, 5) is 14.9. The Hall–Kier alpha value is -1.17. The molecule has 0 N–H and O–H groups in total. The number of amides is 1. The van der Waals surface area contributed by atoms with Crippen LogP contribution in [0.15, 0.2) is 29.0 Å². The summed E-state index contributed by atoms with van der Waals surface area (Å²) in [6.07, 6.45) is 0.675. The van der Waals surface area contributed by atoms with Gasteiger partial charge in [-0.1, -0.05) is 12.2 Å². The maximum absolute atomic E-state index is 12.9. The monoisotopic (exact) mass is 321 g/mol. The van der Waals surface area contributed by atoms with E-state index in [0.29, 0.717) is 19.7 Å². The Morgan fingerprint density at radius 3 is 2.95 bits per heavy atom. The lowest BCUT2D eigenvalue weighted by Crippen LogP contribution is -2.49. The Morgan fingerprint density at radius 2 is 2.27 bits per heavy atom. The molecule has 0 unspecified atom stereocenters. The second-order valence-corrected chi connectivity index (χ2v) is 7.05. The molecule has 22 heavy (non-hydrogen) atoms. The lowest BCUT2D eigenvalue weighted by molar-refractivity contribution is -0.150. The Morgan fingerprint density at radius 1 is 1.45 bits per heavy atom. The largest absolute Gasteiger partial charge is 0.373 e. The van der Waals surface area contributed by atoms with Crippen LogP contribution in [0.4, 0.5) is 0 Å². The van der Waals surface area contributed by atoms with Gasteiger partial charge in [-0.15, -0.1) is 0 Å². The Labute approximate surface area is 135 Å². The van der Waals surface area contributed by atoms with Gasteiger partial charge < -0.3 is 14.4 Å². The van der Waals surface area contributed by atoms with Gasteiger partial charge in [0.1, 0.15) is 6.10 Å². The summed E-state index contributed by atoms with van der Waals surface area (Å²) < 4.78 is 11.7. The molecule has 1 aromatic heterocycles. The van der Waals surface area contributed by atoms with Crippen molar-refractivity contribution in [3.63, 3.8) is 0 Å². The van der Waals surface area contributed by atoms with Crippen LogP contribution in [0.1, 0.15) is 31.9 Å². The first-order chi connectivity index (χ1) is 10.6. The molecule has 4 nitrogen and oxygen atoms in total. The van der Waals surface area contributed by atoms with Crippen molar-refractivity contribution in [3.05, 3.63) is 34.5 Å². The summed E-state index contributed by atoms with van der Waals surface area (Å²) in [5, 5.41) is 4.15. The van der Waals surface area contributed by atoms with Crippen LogP contribution in [0.5, 0.6) is 0 Å². The van der Waals surface area contributed by atoms with E-state index in [0.717, 1.165) is 17.6 Å². The normalized spacial score (nSPS) is 32.2. The van der Waals surface area contributed by atoms with Crippen LogP contribution in [0.2, 0.25) is 0 Å². The van der Waals surface area contributed by atoms with Crippen LogP contribution in [-0.4, -0.2) is 42.7 Å². The van der Waals surface area contributed by atoms with Crippen molar-refractivity contribution >= 4 is 17.2 Å². The predicted molar refractivity (Wildman–Crippen MR) is 86.8 cm³/mol. The number of carbonyl (C=O) groups is 1. The molecule has 120 valence electrons. The Bertz CT molecular complexity index is 542. The third-order valence-electron chi connectivity index (χ3n) is 4.38. The Kier molecular flexibility index (Phi) is 4.66. The van der Waals surface area contributed by atoms with Crippen LogP contribution in [0.3, 0.4) is 0 Å². The SMILES string of the molecule is C=C(C)[C@H]1OCC[C@H]1C(=O)N1C[C@H](C)O[C@@H](c2ccsc2)C1. The fourth-order valence-electron chi connectivity index (χ4n) is 3.34. The van der Waals surface area contributed by atoms with Crippen molar-refractivity contribution in [1.82, 2.24) is 4.90 Å². The molecule has 1 aromatic rings. The average Bonchev–Trinajstić information content (AvgIpc) is 3.17. The van der Waals surface area contributed by atoms with Crippen LogP contribution in [0.25, 0.3) is 0 Å². The minimum Gasteiger partial charge on any atom is -0.373 e. The first-order valence-electron chi connectivity index (χ1n) is 7.79. The lowest BCUT2D eigenvalue weighted by Gasteiger charge is -2.38. The fraction of sp³-hybridized carbons (Fsp3) is 0.588. The highest BCUT2D eigenvalue weighted by molar-refractivity contribution is 7.07. The van der Waals surface area contributed by atoms with Crippen LogP contribution in [0, 0.1) is 5.92 Å². The zero-order valence-corrected chi connectivity index (χ0v) is 14.0.